The van der Waals surface area contributed by atoms with Crippen molar-refractivity contribution in [2.24, 2.45) is 0 Å². The van der Waals surface area contributed by atoms with E-state index in [9.17, 15) is 18.4 Å². The monoisotopic (exact) mass is 422 g/mol. The number of likely N-dealkylation sites (N-methyl/N-ethyl adjacent to an activating group) is 1. The summed E-state index contributed by atoms with van der Waals surface area (Å²) in [6.45, 7) is 3.45. The van der Waals surface area contributed by atoms with Gasteiger partial charge in [-0.1, -0.05) is 24.3 Å². The van der Waals surface area contributed by atoms with Gasteiger partial charge in [-0.15, -0.1) is 0 Å². The van der Waals surface area contributed by atoms with Crippen molar-refractivity contribution in [2.75, 3.05) is 17.3 Å². The lowest BCUT2D eigenvalue weighted by atomic mass is 10.0. The standard InChI is InChI=1S/C24H20F2N2O3/c1-24(2)23(30)28(3)19-13-15(9-12-20(19)31-24)14-7-10-16(11-8-14)27-22(29)21-17(25)5-4-6-18(21)26/h4-13H,1-3H3,(H,27,29). The maximum Gasteiger partial charge on any atom is 0.270 e. The summed E-state index contributed by atoms with van der Waals surface area (Å²) in [4.78, 5) is 26.3. The van der Waals surface area contributed by atoms with E-state index in [1.54, 1.807) is 50.1 Å². The summed E-state index contributed by atoms with van der Waals surface area (Å²) in [6.07, 6.45) is 0. The molecule has 31 heavy (non-hydrogen) atoms. The summed E-state index contributed by atoms with van der Waals surface area (Å²) in [5, 5.41) is 2.50. The van der Waals surface area contributed by atoms with Gasteiger partial charge >= 0.3 is 0 Å². The molecule has 0 spiro atoms. The third-order valence-corrected chi connectivity index (χ3v) is 5.17. The highest BCUT2D eigenvalue weighted by Gasteiger charge is 2.39. The molecule has 0 saturated carbocycles. The van der Waals surface area contributed by atoms with E-state index in [4.69, 9.17) is 4.74 Å². The number of hydrogen-bond acceptors (Lipinski definition) is 3. The average molecular weight is 422 g/mol. The van der Waals surface area contributed by atoms with Gasteiger partial charge in [-0.2, -0.15) is 0 Å². The van der Waals surface area contributed by atoms with Crippen LogP contribution in [0.5, 0.6) is 5.75 Å². The van der Waals surface area contributed by atoms with E-state index in [2.05, 4.69) is 5.32 Å². The molecule has 0 radical (unpaired) electrons. The second-order valence-corrected chi connectivity index (χ2v) is 7.79. The van der Waals surface area contributed by atoms with Gasteiger partial charge in [0.05, 0.1) is 5.69 Å². The van der Waals surface area contributed by atoms with E-state index in [-0.39, 0.29) is 5.91 Å². The third kappa shape index (κ3) is 3.74. The number of anilines is 2. The fourth-order valence-electron chi connectivity index (χ4n) is 3.53. The first-order chi connectivity index (χ1) is 14.7. The zero-order chi connectivity index (χ0) is 22.3. The lowest BCUT2D eigenvalue weighted by molar-refractivity contribution is -0.132. The van der Waals surface area contributed by atoms with E-state index >= 15 is 0 Å². The molecule has 1 N–H and O–H groups in total. The lowest BCUT2D eigenvalue weighted by Crippen LogP contribution is -2.50. The second-order valence-electron chi connectivity index (χ2n) is 7.79. The van der Waals surface area contributed by atoms with Crippen LogP contribution in [-0.2, 0) is 4.79 Å². The first kappa shape index (κ1) is 20.5. The van der Waals surface area contributed by atoms with Crippen LogP contribution in [0.2, 0.25) is 0 Å². The fourth-order valence-corrected chi connectivity index (χ4v) is 3.53. The Kier molecular flexibility index (Phi) is 4.97. The van der Waals surface area contributed by atoms with E-state index in [0.717, 1.165) is 23.3 Å². The first-order valence-corrected chi connectivity index (χ1v) is 9.64. The maximum absolute atomic E-state index is 13.8. The van der Waals surface area contributed by atoms with Crippen LogP contribution < -0.4 is 15.0 Å². The molecule has 0 aromatic heterocycles. The number of hydrogen-bond donors (Lipinski definition) is 1. The number of ether oxygens (including phenoxy) is 1. The number of carbonyl (C=O) groups is 2. The van der Waals surface area contributed by atoms with Crippen LogP contribution in [0.25, 0.3) is 11.1 Å². The predicted molar refractivity (Wildman–Crippen MR) is 114 cm³/mol. The summed E-state index contributed by atoms with van der Waals surface area (Å²) in [7, 11) is 1.70. The van der Waals surface area contributed by atoms with E-state index in [0.29, 0.717) is 17.1 Å². The molecule has 5 nitrogen and oxygen atoms in total. The molecular weight excluding hydrogens is 402 g/mol. The summed E-state index contributed by atoms with van der Waals surface area (Å²) >= 11 is 0. The summed E-state index contributed by atoms with van der Waals surface area (Å²) in [6, 6.07) is 15.6. The Balaban J connectivity index is 1.57. The highest BCUT2D eigenvalue weighted by atomic mass is 19.1. The predicted octanol–water partition coefficient (Wildman–Crippen LogP) is 5.02. The molecule has 0 aliphatic carbocycles. The minimum atomic E-state index is -0.930. The first-order valence-electron chi connectivity index (χ1n) is 9.64. The van der Waals surface area contributed by atoms with Gasteiger partial charge in [-0.3, -0.25) is 9.59 Å². The number of fused-ring (bicyclic) bond motifs is 1. The number of nitrogens with zero attached hydrogens (tertiary/aromatic N) is 1. The molecule has 7 heteroatoms. The molecule has 2 amide bonds. The van der Waals surface area contributed by atoms with E-state index in [1.165, 1.54) is 6.07 Å². The van der Waals surface area contributed by atoms with Crippen LogP contribution >= 0.6 is 0 Å². The Morgan fingerprint density at radius 3 is 2.23 bits per heavy atom. The maximum atomic E-state index is 13.8. The van der Waals surface area contributed by atoms with Crippen LogP contribution in [-0.4, -0.2) is 24.5 Å². The molecule has 0 atom stereocenters. The van der Waals surface area contributed by atoms with Gasteiger partial charge in [0.2, 0.25) is 0 Å². The van der Waals surface area contributed by atoms with Crippen LogP contribution in [0.4, 0.5) is 20.2 Å². The van der Waals surface area contributed by atoms with Gasteiger partial charge in [0, 0.05) is 12.7 Å². The zero-order valence-electron chi connectivity index (χ0n) is 17.2. The zero-order valence-corrected chi connectivity index (χ0v) is 17.2. The SMILES string of the molecule is CN1C(=O)C(C)(C)Oc2ccc(-c3ccc(NC(=O)c4c(F)cccc4F)cc3)cc21. The Labute approximate surface area is 178 Å². The van der Waals surface area contributed by atoms with Crippen LogP contribution in [0, 0.1) is 11.6 Å². The molecule has 0 bridgehead atoms. The van der Waals surface area contributed by atoms with Crippen molar-refractivity contribution in [2.45, 2.75) is 19.4 Å². The quantitative estimate of drug-likeness (QED) is 0.645. The molecule has 4 rings (SSSR count). The van der Waals surface area contributed by atoms with Crippen molar-refractivity contribution in [3.63, 3.8) is 0 Å². The van der Waals surface area contributed by atoms with Crippen molar-refractivity contribution >= 4 is 23.2 Å². The normalized spacial score (nSPS) is 14.6. The van der Waals surface area contributed by atoms with Crippen LogP contribution in [0.3, 0.4) is 0 Å². The van der Waals surface area contributed by atoms with Gasteiger partial charge < -0.3 is 15.0 Å². The molecule has 3 aromatic rings. The minimum Gasteiger partial charge on any atom is -0.476 e. The van der Waals surface area contributed by atoms with Gasteiger partial charge in [-0.05, 0) is 61.4 Å². The Morgan fingerprint density at radius 1 is 0.968 bits per heavy atom. The Hall–Kier alpha value is -3.74. The number of nitrogens with one attached hydrogen (secondary N) is 1. The number of amides is 2. The molecule has 158 valence electrons. The van der Waals surface area contributed by atoms with Crippen molar-refractivity contribution in [1.29, 1.82) is 0 Å². The molecule has 1 aliphatic heterocycles. The summed E-state index contributed by atoms with van der Waals surface area (Å²) in [5.74, 6) is -2.24. The van der Waals surface area contributed by atoms with Gasteiger partial charge in [0.1, 0.15) is 22.9 Å². The minimum absolute atomic E-state index is 0.143. The molecule has 3 aromatic carbocycles. The summed E-state index contributed by atoms with van der Waals surface area (Å²) < 4.78 is 33.4. The van der Waals surface area contributed by atoms with Crippen LogP contribution in [0.1, 0.15) is 24.2 Å². The van der Waals surface area contributed by atoms with Crippen molar-refractivity contribution < 1.29 is 23.1 Å². The molecule has 1 heterocycles. The summed E-state index contributed by atoms with van der Waals surface area (Å²) in [5.41, 5.74) is 1.18. The molecule has 0 saturated heterocycles. The second kappa shape index (κ2) is 7.50. The number of rotatable bonds is 3. The fraction of sp³-hybridized carbons (Fsp3) is 0.167. The number of halogens is 2. The Morgan fingerprint density at radius 2 is 1.58 bits per heavy atom. The van der Waals surface area contributed by atoms with E-state index < -0.39 is 28.7 Å². The van der Waals surface area contributed by atoms with Gasteiger partial charge in [-0.25, -0.2) is 8.78 Å². The topological polar surface area (TPSA) is 58.6 Å². The molecule has 0 fully saturated rings. The Bertz CT molecular complexity index is 1170. The molecular formula is C24H20F2N2O3. The lowest BCUT2D eigenvalue weighted by Gasteiger charge is -2.37. The smallest absolute Gasteiger partial charge is 0.270 e. The largest absolute Gasteiger partial charge is 0.476 e. The van der Waals surface area contributed by atoms with Gasteiger partial charge in [0.15, 0.2) is 5.60 Å². The highest BCUT2D eigenvalue weighted by molar-refractivity contribution is 6.05. The number of carbonyl (C=O) groups excluding carboxylic acids is 2. The van der Waals surface area contributed by atoms with E-state index in [1.807, 2.05) is 18.2 Å². The molecule has 0 unspecified atom stereocenters. The average Bonchev–Trinajstić information content (AvgIpc) is 2.72. The highest BCUT2D eigenvalue weighted by Crippen LogP contribution is 2.39. The van der Waals surface area contributed by atoms with Crippen molar-refractivity contribution in [3.05, 3.63) is 77.9 Å². The van der Waals surface area contributed by atoms with Crippen molar-refractivity contribution in [1.82, 2.24) is 0 Å². The molecule has 1 aliphatic rings. The number of benzene rings is 3. The third-order valence-electron chi connectivity index (χ3n) is 5.17. The van der Waals surface area contributed by atoms with Gasteiger partial charge in [0.25, 0.3) is 11.8 Å². The van der Waals surface area contributed by atoms with Crippen molar-refractivity contribution in [3.8, 4) is 16.9 Å². The van der Waals surface area contributed by atoms with Crippen LogP contribution in [0.15, 0.2) is 60.7 Å².